The smallest absolute Gasteiger partial charge is 0.319 e. The molecule has 0 saturated carbocycles. The minimum Gasteiger partial charge on any atom is -0.468 e. The molecule has 1 aliphatic heterocycles. The van der Waals surface area contributed by atoms with Gasteiger partial charge >= 0.3 is 5.97 Å². The van der Waals surface area contributed by atoms with Gasteiger partial charge in [0.2, 0.25) is 5.91 Å². The molecule has 5 nitrogen and oxygen atoms in total. The summed E-state index contributed by atoms with van der Waals surface area (Å²) in [5.41, 5.74) is 2.94. The van der Waals surface area contributed by atoms with E-state index >= 15 is 0 Å². The van der Waals surface area contributed by atoms with Crippen molar-refractivity contribution in [2.75, 3.05) is 7.11 Å². The van der Waals surface area contributed by atoms with Crippen molar-refractivity contribution in [3.8, 4) is 6.07 Å². The van der Waals surface area contributed by atoms with Crippen molar-refractivity contribution in [2.24, 2.45) is 5.92 Å². The normalized spacial score (nSPS) is 18.6. The van der Waals surface area contributed by atoms with Crippen LogP contribution in [0.5, 0.6) is 0 Å². The number of allylic oxidation sites excluding steroid dienone is 1. The molecule has 0 aliphatic carbocycles. The first-order valence-electron chi connectivity index (χ1n) is 9.02. The number of carbonyl (C=O) groups excluding carboxylic acids is 2. The Bertz CT molecular complexity index is 1060. The second-order valence-electron chi connectivity index (χ2n) is 6.77. The SMILES string of the molecule is COC(=O)[C@@H]1C(=O)NC(SCc2ccc(Cl)c(Cl)c2)=C(C#N)[C@@H]1c1ccc(C)cc1. The summed E-state index contributed by atoms with van der Waals surface area (Å²) in [6, 6.07) is 14.9. The Morgan fingerprint density at radius 1 is 1.20 bits per heavy atom. The van der Waals surface area contributed by atoms with E-state index in [1.54, 1.807) is 12.1 Å². The lowest BCUT2D eigenvalue weighted by molar-refractivity contribution is -0.150. The number of ether oxygens (including phenoxy) is 1. The van der Waals surface area contributed by atoms with Crippen molar-refractivity contribution in [1.82, 2.24) is 5.32 Å². The second kappa shape index (κ2) is 9.57. The average molecular weight is 461 g/mol. The summed E-state index contributed by atoms with van der Waals surface area (Å²) in [5.74, 6) is -2.58. The Morgan fingerprint density at radius 3 is 2.50 bits per heavy atom. The molecule has 1 heterocycles. The van der Waals surface area contributed by atoms with Crippen molar-refractivity contribution in [1.29, 1.82) is 5.26 Å². The fraction of sp³-hybridized carbons (Fsp3) is 0.227. The molecule has 0 bridgehead atoms. The van der Waals surface area contributed by atoms with E-state index in [1.807, 2.05) is 37.3 Å². The third kappa shape index (κ3) is 4.65. The highest BCUT2D eigenvalue weighted by Gasteiger charge is 2.44. The number of benzene rings is 2. The Hall–Kier alpha value is -2.46. The highest BCUT2D eigenvalue weighted by Crippen LogP contribution is 2.41. The van der Waals surface area contributed by atoms with Crippen LogP contribution in [0.2, 0.25) is 10.0 Å². The first-order valence-corrected chi connectivity index (χ1v) is 10.8. The summed E-state index contributed by atoms with van der Waals surface area (Å²) < 4.78 is 4.85. The number of nitriles is 1. The number of amides is 1. The molecule has 1 aliphatic rings. The molecule has 1 amide bonds. The number of thioether (sulfide) groups is 1. The van der Waals surface area contributed by atoms with Gasteiger partial charge in [0, 0.05) is 11.7 Å². The van der Waals surface area contributed by atoms with Crippen molar-refractivity contribution in [3.63, 3.8) is 0 Å². The highest BCUT2D eigenvalue weighted by atomic mass is 35.5. The molecule has 0 saturated heterocycles. The molecule has 0 radical (unpaired) electrons. The standard InChI is InChI=1S/C22H18Cl2N2O3S/c1-12-3-6-14(7-4-12)18-15(10-25)21(26-20(27)19(18)22(28)29-2)30-11-13-5-8-16(23)17(24)9-13/h3-9,18-19H,11H2,1-2H3,(H,26,27)/t18-,19-/m0/s1. The maximum atomic E-state index is 12.8. The number of halogens is 2. The van der Waals surface area contributed by atoms with Gasteiger partial charge in [-0.2, -0.15) is 5.26 Å². The fourth-order valence-corrected chi connectivity index (χ4v) is 4.55. The van der Waals surface area contributed by atoms with E-state index in [-0.39, 0.29) is 0 Å². The molecule has 0 spiro atoms. The molecule has 0 unspecified atom stereocenters. The molecular formula is C22H18Cl2N2O3S. The average Bonchev–Trinajstić information content (AvgIpc) is 2.74. The number of aryl methyl sites for hydroxylation is 1. The second-order valence-corrected chi connectivity index (χ2v) is 8.57. The van der Waals surface area contributed by atoms with E-state index < -0.39 is 23.7 Å². The van der Waals surface area contributed by atoms with Gasteiger partial charge < -0.3 is 10.1 Å². The number of nitrogens with one attached hydrogen (secondary N) is 1. The Morgan fingerprint density at radius 2 is 1.90 bits per heavy atom. The predicted molar refractivity (Wildman–Crippen MR) is 118 cm³/mol. The summed E-state index contributed by atoms with van der Waals surface area (Å²) in [6.07, 6.45) is 0. The molecule has 8 heteroatoms. The van der Waals surface area contributed by atoms with Gasteiger partial charge in [0.1, 0.15) is 5.92 Å². The van der Waals surface area contributed by atoms with E-state index in [0.29, 0.717) is 32.0 Å². The third-order valence-corrected chi connectivity index (χ3v) is 6.61. The first-order chi connectivity index (χ1) is 14.3. The number of rotatable bonds is 5. The number of esters is 1. The number of hydrogen-bond donors (Lipinski definition) is 1. The minimum absolute atomic E-state index is 0.318. The van der Waals surface area contributed by atoms with Gasteiger partial charge in [-0.05, 0) is 30.2 Å². The quantitative estimate of drug-likeness (QED) is 0.502. The predicted octanol–water partition coefficient (Wildman–Crippen LogP) is 4.97. The Labute approximate surface area is 189 Å². The van der Waals surface area contributed by atoms with Crippen LogP contribution >= 0.6 is 35.0 Å². The molecule has 0 aromatic heterocycles. The maximum absolute atomic E-state index is 12.8. The van der Waals surface area contributed by atoms with Crippen molar-refractivity contribution >= 4 is 46.8 Å². The summed E-state index contributed by atoms with van der Waals surface area (Å²) in [7, 11) is 1.23. The van der Waals surface area contributed by atoms with Crippen LogP contribution in [0.1, 0.15) is 22.6 Å². The van der Waals surface area contributed by atoms with Crippen LogP contribution in [-0.2, 0) is 20.1 Å². The van der Waals surface area contributed by atoms with Crippen molar-refractivity contribution in [3.05, 3.63) is 79.8 Å². The summed E-state index contributed by atoms with van der Waals surface area (Å²) in [6.45, 7) is 1.94. The minimum atomic E-state index is -1.14. The Kier molecular flexibility index (Phi) is 7.09. The molecular weight excluding hydrogens is 443 g/mol. The third-order valence-electron chi connectivity index (χ3n) is 4.79. The van der Waals surface area contributed by atoms with Gasteiger partial charge in [-0.15, -0.1) is 11.8 Å². The van der Waals surface area contributed by atoms with E-state index in [9.17, 15) is 14.9 Å². The van der Waals surface area contributed by atoms with Gasteiger partial charge in [0.15, 0.2) is 0 Å². The molecule has 2 aromatic carbocycles. The maximum Gasteiger partial charge on any atom is 0.319 e. The van der Waals surface area contributed by atoms with Gasteiger partial charge in [-0.1, -0.05) is 59.1 Å². The van der Waals surface area contributed by atoms with E-state index in [1.165, 1.54) is 18.9 Å². The number of methoxy groups -OCH3 is 1. The van der Waals surface area contributed by atoms with Gasteiger partial charge in [0.25, 0.3) is 0 Å². The zero-order valence-electron chi connectivity index (χ0n) is 16.2. The van der Waals surface area contributed by atoms with Crippen LogP contribution < -0.4 is 5.32 Å². The molecule has 0 fully saturated rings. The van der Waals surface area contributed by atoms with Crippen molar-refractivity contribution in [2.45, 2.75) is 18.6 Å². The molecule has 154 valence electrons. The zero-order chi connectivity index (χ0) is 21.8. The monoisotopic (exact) mass is 460 g/mol. The number of nitrogens with zero attached hydrogens (tertiary/aromatic N) is 1. The van der Waals surface area contributed by atoms with Gasteiger partial charge in [-0.3, -0.25) is 9.59 Å². The fourth-order valence-electron chi connectivity index (χ4n) is 3.24. The molecule has 3 rings (SSSR count). The van der Waals surface area contributed by atoms with Crippen LogP contribution in [0, 0.1) is 24.2 Å². The molecule has 30 heavy (non-hydrogen) atoms. The number of hydrogen-bond acceptors (Lipinski definition) is 5. The van der Waals surface area contributed by atoms with Crippen LogP contribution in [0.25, 0.3) is 0 Å². The van der Waals surface area contributed by atoms with Crippen LogP contribution in [0.15, 0.2) is 53.1 Å². The number of carbonyl (C=O) groups is 2. The van der Waals surface area contributed by atoms with Crippen LogP contribution in [0.3, 0.4) is 0 Å². The van der Waals surface area contributed by atoms with Crippen LogP contribution in [-0.4, -0.2) is 19.0 Å². The van der Waals surface area contributed by atoms with E-state index in [2.05, 4.69) is 11.4 Å². The summed E-state index contributed by atoms with van der Waals surface area (Å²) in [4.78, 5) is 25.2. The largest absolute Gasteiger partial charge is 0.468 e. The highest BCUT2D eigenvalue weighted by molar-refractivity contribution is 8.02. The summed E-state index contributed by atoms with van der Waals surface area (Å²) >= 11 is 13.3. The summed E-state index contributed by atoms with van der Waals surface area (Å²) in [5, 5.41) is 13.9. The van der Waals surface area contributed by atoms with E-state index in [4.69, 9.17) is 27.9 Å². The zero-order valence-corrected chi connectivity index (χ0v) is 18.6. The lowest BCUT2D eigenvalue weighted by Crippen LogP contribution is -2.44. The molecule has 2 atom stereocenters. The lowest BCUT2D eigenvalue weighted by atomic mass is 9.78. The van der Waals surface area contributed by atoms with Gasteiger partial charge in [-0.25, -0.2) is 0 Å². The molecule has 2 aromatic rings. The topological polar surface area (TPSA) is 79.2 Å². The Balaban J connectivity index is 2.00. The molecule has 1 N–H and O–H groups in total. The van der Waals surface area contributed by atoms with Crippen LogP contribution in [0.4, 0.5) is 0 Å². The first kappa shape index (κ1) is 22.2. The van der Waals surface area contributed by atoms with Gasteiger partial charge in [0.05, 0.1) is 33.8 Å². The van der Waals surface area contributed by atoms with E-state index in [0.717, 1.165) is 11.1 Å². The van der Waals surface area contributed by atoms with Crippen molar-refractivity contribution < 1.29 is 14.3 Å². The lowest BCUT2D eigenvalue weighted by Gasteiger charge is -2.31.